The van der Waals surface area contributed by atoms with E-state index in [0.29, 0.717) is 0 Å². The molecule has 0 aromatic carbocycles. The zero-order chi connectivity index (χ0) is 9.35. The average Bonchev–Trinajstić information content (AvgIpc) is 2.29. The number of carbonyl (C=O) groups is 2. The van der Waals surface area contributed by atoms with Gasteiger partial charge < -0.3 is 14.4 Å². The van der Waals surface area contributed by atoms with Gasteiger partial charge in [0.1, 0.15) is 18.9 Å². The molecule has 7 heteroatoms. The second-order valence-corrected chi connectivity index (χ2v) is 17.2. The Balaban J connectivity index is 2.84. The van der Waals surface area contributed by atoms with Gasteiger partial charge in [-0.25, -0.2) is 4.79 Å². The first-order valence-electron chi connectivity index (χ1n) is 3.88. The van der Waals surface area contributed by atoms with E-state index in [-0.39, 0.29) is 20.9 Å². The van der Waals surface area contributed by atoms with Gasteiger partial charge in [0.25, 0.3) is 0 Å². The minimum absolute atomic E-state index is 0.0686. The lowest BCUT2D eigenvalue weighted by molar-refractivity contribution is -0.111. The van der Waals surface area contributed by atoms with Gasteiger partial charge in [0.05, 0.1) is 0 Å². The number of hydrogen-bond donors (Lipinski definition) is 0. The van der Waals surface area contributed by atoms with Gasteiger partial charge >= 0.3 is 6.09 Å². The lowest BCUT2D eigenvalue weighted by Gasteiger charge is -2.33. The second kappa shape index (κ2) is 3.73. The van der Waals surface area contributed by atoms with E-state index < -0.39 is 0 Å². The first-order valence-corrected chi connectivity index (χ1v) is 6.88. The van der Waals surface area contributed by atoms with E-state index in [1.165, 1.54) is 0 Å². The predicted molar refractivity (Wildman–Crippen MR) is 51.4 cm³/mol. The first kappa shape index (κ1) is 10.6. The molecule has 1 heterocycles. The normalized spacial score (nSPS) is 23.8. The summed E-state index contributed by atoms with van der Waals surface area (Å²) in [7, 11) is 0. The van der Waals surface area contributed by atoms with Crippen LogP contribution in [0.4, 0.5) is 4.79 Å². The Morgan fingerprint density at radius 2 is 2.17 bits per heavy atom. The maximum atomic E-state index is 11.2. The second-order valence-electron chi connectivity index (χ2n) is 3.82. The van der Waals surface area contributed by atoms with E-state index in [9.17, 15) is 9.59 Å². The van der Waals surface area contributed by atoms with Crippen LogP contribution in [0.15, 0.2) is 0 Å². The van der Waals surface area contributed by atoms with E-state index in [0.717, 1.165) is 55.2 Å². The Hall–Kier alpha value is 0.537. The molecule has 1 unspecified atom stereocenters. The van der Waals surface area contributed by atoms with E-state index in [1.54, 1.807) is 4.90 Å². The standard InChI is InChI=1S/C5H4NO3.3Al.6H/c1-6-4(2-7)3-9-5(6)8;;;;;;;;;/h2,4H,3H2;;;;;;;;;. The van der Waals surface area contributed by atoms with Gasteiger partial charge in [-0.15, -0.1) is 0 Å². The third kappa shape index (κ3) is 2.07. The van der Waals surface area contributed by atoms with Gasteiger partial charge in [0, 0.05) is 0 Å². The van der Waals surface area contributed by atoms with Crippen LogP contribution < -0.4 is 0 Å². The molecular weight excluding hydrogens is 203 g/mol. The number of ether oxygens (including phenoxy) is 1. The van der Waals surface area contributed by atoms with Gasteiger partial charge in [-0.1, -0.05) is 2.12 Å². The molecule has 62 valence electrons. The number of nitrogens with zero attached hydrogens (tertiary/aromatic N) is 1. The summed E-state index contributed by atoms with van der Waals surface area (Å²) in [5, 5.41) is 0. The lowest BCUT2D eigenvalue weighted by Crippen LogP contribution is -2.55. The van der Waals surface area contributed by atoms with Crippen molar-refractivity contribution in [2.75, 3.05) is 6.61 Å². The third-order valence-electron chi connectivity index (χ3n) is 1.79. The van der Waals surface area contributed by atoms with Crippen LogP contribution in [0, 0.1) is 0 Å². The largest absolute Gasteiger partial charge is 0.447 e. The van der Waals surface area contributed by atoms with Gasteiger partial charge in [0.2, 0.25) is 48.9 Å². The molecule has 1 saturated heterocycles. The van der Waals surface area contributed by atoms with Gasteiger partial charge in [-0.3, -0.25) is 0 Å². The quantitative estimate of drug-likeness (QED) is 0.353. The van der Waals surface area contributed by atoms with Crippen molar-refractivity contribution < 1.29 is 14.3 Å². The Morgan fingerprint density at radius 1 is 1.58 bits per heavy atom. The van der Waals surface area contributed by atoms with Crippen molar-refractivity contribution in [3.63, 3.8) is 0 Å². The van der Waals surface area contributed by atoms with Crippen LogP contribution >= 0.6 is 0 Å². The highest BCUT2D eigenvalue weighted by molar-refractivity contribution is 6.59. The number of aldehydes is 1. The van der Waals surface area contributed by atoms with Crippen LogP contribution in [-0.2, 0) is 9.53 Å². The van der Waals surface area contributed by atoms with Crippen LogP contribution in [-0.4, -0.2) is 80.9 Å². The fraction of sp³-hybridized carbons (Fsp3) is 0.600. The van der Waals surface area contributed by atoms with Crippen molar-refractivity contribution >= 4 is 61.3 Å². The zero-order valence-electron chi connectivity index (χ0n) is 7.53. The molecule has 1 atom stereocenters. The summed E-state index contributed by atoms with van der Waals surface area (Å²) >= 11 is 2.82. The Labute approximate surface area is 94.9 Å². The molecule has 0 N–H and O–H groups in total. The molecule has 0 radical (unpaired) electrons. The molecule has 1 rings (SSSR count). The highest BCUT2D eigenvalue weighted by Gasteiger charge is 2.39. The molecule has 0 aromatic rings. The van der Waals surface area contributed by atoms with Crippen molar-refractivity contribution in [2.24, 2.45) is 0 Å². The molecule has 1 aliphatic heterocycles. The minimum Gasteiger partial charge on any atom is -0.447 e. The van der Waals surface area contributed by atoms with Crippen LogP contribution in [0.5, 0.6) is 0 Å². The number of carbonyl (C=O) groups excluding carboxylic acids is 2. The summed E-state index contributed by atoms with van der Waals surface area (Å²) in [4.78, 5) is 23.4. The SMILES string of the molecule is O=CC1COC(=O)N1[C]([AlH2])([AlH2])[AlH2]. The summed E-state index contributed by atoms with van der Waals surface area (Å²) in [6.07, 6.45) is 0.514. The molecule has 0 spiro atoms. The van der Waals surface area contributed by atoms with Crippen molar-refractivity contribution in [1.82, 2.24) is 4.90 Å². The third-order valence-corrected chi connectivity index (χ3v) is 3.23. The first-order chi connectivity index (χ1) is 5.46. The molecule has 0 bridgehead atoms. The van der Waals surface area contributed by atoms with Crippen molar-refractivity contribution in [1.29, 1.82) is 0 Å². The average molecular weight is 213 g/mol. The van der Waals surface area contributed by atoms with Gasteiger partial charge in [0.15, 0.2) is 0 Å². The number of cyclic esters (lactones) is 1. The number of hydrogen-bond acceptors (Lipinski definition) is 3. The predicted octanol–water partition coefficient (Wildman–Crippen LogP) is -3.48. The summed E-state index contributed by atoms with van der Waals surface area (Å²) in [6, 6.07) is -0.315. The Kier molecular flexibility index (Phi) is 3.30. The van der Waals surface area contributed by atoms with Crippen molar-refractivity contribution in [2.45, 2.75) is 8.17 Å². The number of amides is 1. The van der Waals surface area contributed by atoms with Crippen LogP contribution in [0.2, 0.25) is 0 Å². The minimum atomic E-state index is -0.315. The Morgan fingerprint density at radius 3 is 2.50 bits per heavy atom. The van der Waals surface area contributed by atoms with E-state index in [4.69, 9.17) is 4.74 Å². The Bertz CT molecular complexity index is 214. The molecular formula is C5H10Al3NO3. The lowest BCUT2D eigenvalue weighted by atomic mass is 10.3. The number of rotatable bonds is 2. The maximum Gasteiger partial charge on any atom is 0.407 e. The summed E-state index contributed by atoms with van der Waals surface area (Å²) in [5.41, 5.74) is 0. The van der Waals surface area contributed by atoms with Crippen LogP contribution in [0.1, 0.15) is 0 Å². The molecule has 0 saturated carbocycles. The fourth-order valence-corrected chi connectivity index (χ4v) is 2.85. The summed E-state index contributed by atoms with van der Waals surface area (Å²) in [6.45, 7) is 0.247. The molecule has 0 aromatic heterocycles. The molecule has 0 aliphatic carbocycles. The summed E-state index contributed by atoms with van der Waals surface area (Å²) < 4.78 is 4.89. The van der Waals surface area contributed by atoms with E-state index >= 15 is 0 Å². The monoisotopic (exact) mass is 213 g/mol. The smallest absolute Gasteiger partial charge is 0.407 e. The van der Waals surface area contributed by atoms with Crippen molar-refractivity contribution in [3.8, 4) is 0 Å². The molecule has 4 nitrogen and oxygen atoms in total. The maximum absolute atomic E-state index is 11.2. The van der Waals surface area contributed by atoms with E-state index in [1.807, 2.05) is 0 Å². The fourth-order valence-electron chi connectivity index (χ4n) is 1.31. The molecule has 1 aliphatic rings. The van der Waals surface area contributed by atoms with Crippen LogP contribution in [0.3, 0.4) is 0 Å². The van der Waals surface area contributed by atoms with Gasteiger partial charge in [-0.05, 0) is 0 Å². The van der Waals surface area contributed by atoms with E-state index in [2.05, 4.69) is 0 Å². The van der Waals surface area contributed by atoms with Crippen molar-refractivity contribution in [3.05, 3.63) is 0 Å². The molecule has 1 amide bonds. The van der Waals surface area contributed by atoms with Gasteiger partial charge in [-0.2, -0.15) is 0 Å². The highest BCUT2D eigenvalue weighted by atomic mass is 27.2. The summed E-state index contributed by atoms with van der Waals surface area (Å²) in [5.74, 6) is 0. The highest BCUT2D eigenvalue weighted by Crippen LogP contribution is 2.16. The zero-order valence-corrected chi connectivity index (χ0v) is 13.5. The topological polar surface area (TPSA) is 46.6 Å². The molecule has 12 heavy (non-hydrogen) atoms. The van der Waals surface area contributed by atoms with Crippen LogP contribution in [0.25, 0.3) is 0 Å². The molecule has 1 fully saturated rings.